The van der Waals surface area contributed by atoms with Crippen LogP contribution in [0.15, 0.2) is 186 Å². The van der Waals surface area contributed by atoms with Gasteiger partial charge in [0, 0.05) is 10.8 Å². The molecule has 0 aliphatic heterocycles. The molecule has 0 fully saturated rings. The van der Waals surface area contributed by atoms with Crippen LogP contribution in [0.2, 0.25) is 0 Å². The summed E-state index contributed by atoms with van der Waals surface area (Å²) in [5.41, 5.74) is 8.07. The van der Waals surface area contributed by atoms with Crippen molar-refractivity contribution in [1.82, 2.24) is 0 Å². The zero-order valence-corrected chi connectivity index (χ0v) is 26.4. The minimum atomic E-state index is -0.194. The summed E-state index contributed by atoms with van der Waals surface area (Å²) >= 11 is 0. The second kappa shape index (κ2) is 11.1. The molecule has 49 heavy (non-hydrogen) atoms. The van der Waals surface area contributed by atoms with Crippen molar-refractivity contribution in [2.24, 2.45) is 0 Å². The molecular weight excluding hydrogens is 593 g/mol. The van der Waals surface area contributed by atoms with Crippen molar-refractivity contribution in [1.29, 1.82) is 0 Å². The molecule has 0 radical (unpaired) electrons. The standard InChI is InChI=1S/C48H30O/c1-2-13-31(14-3-1)33-27-28-44-43(30-33)48-42(25-12-26-45(48)49-44)47-40-22-8-6-20-38(40)46(39-21-7-9-23-41(39)47)35-18-10-17-34(29-35)37-24-11-16-32-15-4-5-19-36(32)37/h1-30H/i10D,17D,18D,29D. The van der Waals surface area contributed by atoms with Crippen LogP contribution in [0.25, 0.3) is 98.8 Å². The van der Waals surface area contributed by atoms with Crippen LogP contribution in [0.4, 0.5) is 0 Å². The predicted octanol–water partition coefficient (Wildman–Crippen LogP) is 13.7. The topological polar surface area (TPSA) is 13.1 Å². The van der Waals surface area contributed by atoms with Crippen LogP contribution in [0.1, 0.15) is 5.48 Å². The summed E-state index contributed by atoms with van der Waals surface area (Å²) in [5, 5.41) is 7.63. The maximum absolute atomic E-state index is 9.78. The van der Waals surface area contributed by atoms with Crippen LogP contribution in [0, 0.1) is 0 Å². The lowest BCUT2D eigenvalue weighted by Gasteiger charge is -2.19. The summed E-state index contributed by atoms with van der Waals surface area (Å²) < 4.78 is 43.7. The average Bonchev–Trinajstić information content (AvgIpc) is 3.59. The summed E-state index contributed by atoms with van der Waals surface area (Å²) in [6.45, 7) is 0. The van der Waals surface area contributed by atoms with Crippen LogP contribution >= 0.6 is 0 Å². The number of rotatable bonds is 4. The summed E-state index contributed by atoms with van der Waals surface area (Å²) in [7, 11) is 0. The predicted molar refractivity (Wildman–Crippen MR) is 208 cm³/mol. The van der Waals surface area contributed by atoms with Crippen molar-refractivity contribution in [3.8, 4) is 44.5 Å². The van der Waals surface area contributed by atoms with E-state index >= 15 is 0 Å². The van der Waals surface area contributed by atoms with Gasteiger partial charge in [0.25, 0.3) is 0 Å². The fraction of sp³-hybridized carbons (Fsp3) is 0. The SMILES string of the molecule is [2H]c1c([2H])c(-c2cccc3ccccc23)c([2H])c(-c2c3ccccc3c(-c3cccc4oc5ccc(-c6ccccc6)cc5c34)c3ccccc23)c1[2H]. The molecule has 0 amide bonds. The van der Waals surface area contributed by atoms with E-state index in [1.54, 1.807) is 0 Å². The molecule has 0 spiro atoms. The molecule has 0 saturated heterocycles. The maximum atomic E-state index is 9.78. The van der Waals surface area contributed by atoms with Crippen LogP contribution < -0.4 is 0 Å². The van der Waals surface area contributed by atoms with Gasteiger partial charge in [-0.1, -0.05) is 158 Å². The van der Waals surface area contributed by atoms with Crippen molar-refractivity contribution in [3.05, 3.63) is 182 Å². The third-order valence-electron chi connectivity index (χ3n) is 9.74. The first-order chi connectivity index (χ1) is 26.0. The lowest BCUT2D eigenvalue weighted by Crippen LogP contribution is -1.92. The van der Waals surface area contributed by atoms with Crippen LogP contribution in [-0.2, 0) is 0 Å². The zero-order chi connectivity index (χ0) is 35.8. The van der Waals surface area contributed by atoms with E-state index in [9.17, 15) is 2.74 Å². The van der Waals surface area contributed by atoms with E-state index < -0.39 is 0 Å². The summed E-state index contributed by atoms with van der Waals surface area (Å²) in [5.74, 6) is 0. The molecule has 10 rings (SSSR count). The quantitative estimate of drug-likeness (QED) is 0.177. The second-order valence-electron chi connectivity index (χ2n) is 12.5. The number of benzene rings is 9. The van der Waals surface area contributed by atoms with Gasteiger partial charge in [0.1, 0.15) is 11.2 Å². The normalized spacial score (nSPS) is 12.8. The molecule has 10 aromatic rings. The Bertz CT molecular complexity index is 3040. The highest BCUT2D eigenvalue weighted by Gasteiger charge is 2.21. The van der Waals surface area contributed by atoms with E-state index in [2.05, 4.69) is 66.7 Å². The molecule has 0 aliphatic carbocycles. The number of hydrogen-bond donors (Lipinski definition) is 0. The van der Waals surface area contributed by atoms with Crippen molar-refractivity contribution < 1.29 is 9.90 Å². The summed E-state index contributed by atoms with van der Waals surface area (Å²) in [4.78, 5) is 0. The Morgan fingerprint density at radius 2 is 1.00 bits per heavy atom. The second-order valence-corrected chi connectivity index (χ2v) is 12.5. The smallest absolute Gasteiger partial charge is 0.136 e. The minimum absolute atomic E-state index is 0.0757. The molecule has 0 atom stereocenters. The molecule has 1 heterocycles. The van der Waals surface area contributed by atoms with Gasteiger partial charge in [0.2, 0.25) is 0 Å². The van der Waals surface area contributed by atoms with Crippen molar-refractivity contribution in [2.75, 3.05) is 0 Å². The van der Waals surface area contributed by atoms with Gasteiger partial charge in [-0.25, -0.2) is 0 Å². The van der Waals surface area contributed by atoms with Gasteiger partial charge in [-0.05, 0) is 101 Å². The van der Waals surface area contributed by atoms with E-state index in [1.807, 2.05) is 91.0 Å². The van der Waals surface area contributed by atoms with E-state index in [-0.39, 0.29) is 24.2 Å². The van der Waals surface area contributed by atoms with Gasteiger partial charge >= 0.3 is 0 Å². The Balaban J connectivity index is 1.31. The molecule has 1 aromatic heterocycles. The third-order valence-corrected chi connectivity index (χ3v) is 9.74. The van der Waals surface area contributed by atoms with Gasteiger partial charge in [-0.3, -0.25) is 0 Å². The molecule has 0 unspecified atom stereocenters. The number of furan rings is 1. The fourth-order valence-corrected chi connectivity index (χ4v) is 7.58. The van der Waals surface area contributed by atoms with E-state index in [0.717, 1.165) is 82.1 Å². The van der Waals surface area contributed by atoms with Crippen molar-refractivity contribution in [2.45, 2.75) is 0 Å². The Morgan fingerprint density at radius 1 is 0.388 bits per heavy atom. The lowest BCUT2D eigenvalue weighted by atomic mass is 9.84. The highest BCUT2D eigenvalue weighted by atomic mass is 16.3. The summed E-state index contributed by atoms with van der Waals surface area (Å²) in [6.07, 6.45) is 0. The maximum Gasteiger partial charge on any atom is 0.136 e. The van der Waals surface area contributed by atoms with Gasteiger partial charge in [-0.15, -0.1) is 0 Å². The van der Waals surface area contributed by atoms with E-state index in [0.29, 0.717) is 16.7 Å². The van der Waals surface area contributed by atoms with Crippen LogP contribution in [0.5, 0.6) is 0 Å². The molecule has 1 nitrogen and oxygen atoms in total. The highest BCUT2D eigenvalue weighted by Crippen LogP contribution is 2.47. The van der Waals surface area contributed by atoms with Gasteiger partial charge in [0.05, 0.1) is 5.48 Å². The molecule has 9 aromatic carbocycles. The monoisotopic (exact) mass is 626 g/mol. The molecule has 228 valence electrons. The Hall–Kier alpha value is -6.44. The van der Waals surface area contributed by atoms with Crippen molar-refractivity contribution in [3.63, 3.8) is 0 Å². The lowest BCUT2D eigenvalue weighted by molar-refractivity contribution is 0.669. The molecular formula is C48H30O. The Morgan fingerprint density at radius 3 is 1.78 bits per heavy atom. The largest absolute Gasteiger partial charge is 0.456 e. The van der Waals surface area contributed by atoms with Gasteiger partial charge < -0.3 is 4.42 Å². The van der Waals surface area contributed by atoms with Gasteiger partial charge in [-0.2, -0.15) is 0 Å². The first kappa shape index (κ1) is 23.8. The fourth-order valence-electron chi connectivity index (χ4n) is 7.58. The molecule has 0 N–H and O–H groups in total. The minimum Gasteiger partial charge on any atom is -0.456 e. The number of hydrogen-bond acceptors (Lipinski definition) is 1. The molecule has 1 heteroatoms. The average molecular weight is 627 g/mol. The third kappa shape index (κ3) is 4.40. The Labute approximate surface area is 289 Å². The first-order valence-electron chi connectivity index (χ1n) is 18.5. The molecule has 0 aliphatic rings. The Kier molecular flexibility index (Phi) is 5.38. The number of fused-ring (bicyclic) bond motifs is 6. The van der Waals surface area contributed by atoms with Crippen LogP contribution in [0.3, 0.4) is 0 Å². The highest BCUT2D eigenvalue weighted by molar-refractivity contribution is 6.26. The summed E-state index contributed by atoms with van der Waals surface area (Å²) in [6, 6.07) is 52.7. The zero-order valence-electron chi connectivity index (χ0n) is 30.4. The molecule has 0 saturated carbocycles. The first-order valence-corrected chi connectivity index (χ1v) is 16.5. The molecule has 0 bridgehead atoms. The van der Waals surface area contributed by atoms with Crippen LogP contribution in [-0.4, -0.2) is 0 Å². The van der Waals surface area contributed by atoms with E-state index in [4.69, 9.17) is 7.16 Å². The van der Waals surface area contributed by atoms with Gasteiger partial charge in [0.15, 0.2) is 0 Å². The van der Waals surface area contributed by atoms with E-state index in [1.165, 1.54) is 0 Å². The van der Waals surface area contributed by atoms with Crippen molar-refractivity contribution >= 4 is 54.3 Å².